The Labute approximate surface area is 157 Å². The lowest BCUT2D eigenvalue weighted by Crippen LogP contribution is -2.45. The summed E-state index contributed by atoms with van der Waals surface area (Å²) in [6, 6.07) is 9.83. The molecule has 0 amide bonds. The van der Waals surface area contributed by atoms with Crippen LogP contribution in [0.15, 0.2) is 47.0 Å². The Kier molecular flexibility index (Phi) is 3.86. The number of allylic oxidation sites excluding steroid dienone is 1. The standard InChI is InChI=1S/C21H23N5O/c1-14-10-20-24-18(15-2-3-17-16(11-15)4-5-23-17)12-21(27)26(20)13-19(14)25-8-6-22-7-9-25/h2-5,11-14,22-23H,6-10H2,1H3. The van der Waals surface area contributed by atoms with Crippen LogP contribution in [0.1, 0.15) is 12.7 Å². The second-order valence-electron chi connectivity index (χ2n) is 7.44. The Balaban J connectivity index is 1.56. The summed E-state index contributed by atoms with van der Waals surface area (Å²) < 4.78 is 1.73. The lowest BCUT2D eigenvalue weighted by atomic mass is 9.99. The molecule has 6 nitrogen and oxygen atoms in total. The molecule has 2 aliphatic rings. The van der Waals surface area contributed by atoms with Crippen LogP contribution in [0.3, 0.4) is 0 Å². The summed E-state index contributed by atoms with van der Waals surface area (Å²) in [7, 11) is 0. The Morgan fingerprint density at radius 3 is 2.85 bits per heavy atom. The molecule has 6 heteroatoms. The highest BCUT2D eigenvalue weighted by molar-refractivity contribution is 5.84. The van der Waals surface area contributed by atoms with Gasteiger partial charge in [-0.3, -0.25) is 9.36 Å². The van der Waals surface area contributed by atoms with E-state index in [0.29, 0.717) is 5.92 Å². The maximum Gasteiger partial charge on any atom is 0.258 e. The van der Waals surface area contributed by atoms with Crippen LogP contribution < -0.4 is 10.9 Å². The van der Waals surface area contributed by atoms with Crippen LogP contribution in [-0.2, 0) is 6.42 Å². The van der Waals surface area contributed by atoms with Crippen molar-refractivity contribution in [2.75, 3.05) is 26.2 Å². The maximum atomic E-state index is 12.8. The predicted octanol–water partition coefficient (Wildman–Crippen LogP) is 2.29. The van der Waals surface area contributed by atoms with E-state index in [0.717, 1.165) is 60.6 Å². The van der Waals surface area contributed by atoms with Crippen LogP contribution in [-0.4, -0.2) is 45.6 Å². The van der Waals surface area contributed by atoms with Crippen LogP contribution in [0.5, 0.6) is 0 Å². The molecule has 1 atom stereocenters. The van der Waals surface area contributed by atoms with Gasteiger partial charge in [0.15, 0.2) is 0 Å². The van der Waals surface area contributed by atoms with Crippen LogP contribution in [0.25, 0.3) is 28.4 Å². The average molecular weight is 361 g/mol. The first-order valence-electron chi connectivity index (χ1n) is 9.56. The fraction of sp³-hybridized carbons (Fsp3) is 0.333. The van der Waals surface area contributed by atoms with Gasteiger partial charge in [0.25, 0.3) is 5.56 Å². The van der Waals surface area contributed by atoms with Gasteiger partial charge >= 0.3 is 0 Å². The summed E-state index contributed by atoms with van der Waals surface area (Å²) in [4.78, 5) is 23.3. The van der Waals surface area contributed by atoms with Crippen LogP contribution in [0.2, 0.25) is 0 Å². The zero-order valence-corrected chi connectivity index (χ0v) is 15.4. The van der Waals surface area contributed by atoms with E-state index in [1.54, 1.807) is 10.6 Å². The maximum absolute atomic E-state index is 12.8. The highest BCUT2D eigenvalue weighted by Crippen LogP contribution is 2.27. The van der Waals surface area contributed by atoms with Crippen LogP contribution in [0.4, 0.5) is 0 Å². The predicted molar refractivity (Wildman–Crippen MR) is 107 cm³/mol. The van der Waals surface area contributed by atoms with Gasteiger partial charge < -0.3 is 15.2 Å². The van der Waals surface area contributed by atoms with Crippen LogP contribution >= 0.6 is 0 Å². The molecule has 2 aromatic heterocycles. The first-order chi connectivity index (χ1) is 13.2. The molecule has 1 aromatic carbocycles. The van der Waals surface area contributed by atoms with Gasteiger partial charge in [-0.15, -0.1) is 0 Å². The number of nitrogens with zero attached hydrogens (tertiary/aromatic N) is 3. The van der Waals surface area contributed by atoms with Gasteiger partial charge in [0.2, 0.25) is 0 Å². The molecule has 138 valence electrons. The molecule has 4 heterocycles. The SMILES string of the molecule is CC1Cc2nc(-c3ccc4[nH]ccc4c3)cc(=O)n2C=C1N1CCNCC1. The number of aromatic nitrogens is 3. The monoisotopic (exact) mass is 361 g/mol. The third-order valence-electron chi connectivity index (χ3n) is 5.61. The number of benzene rings is 1. The molecular weight excluding hydrogens is 338 g/mol. The van der Waals surface area contributed by atoms with Gasteiger partial charge in [-0.1, -0.05) is 13.0 Å². The number of piperazine rings is 1. The Morgan fingerprint density at radius 2 is 2.00 bits per heavy atom. The van der Waals surface area contributed by atoms with E-state index in [2.05, 4.69) is 28.2 Å². The Bertz CT molecular complexity index is 1090. The number of hydrogen-bond acceptors (Lipinski definition) is 4. The number of fused-ring (bicyclic) bond motifs is 2. The molecule has 0 radical (unpaired) electrons. The number of aromatic amines is 1. The van der Waals surface area contributed by atoms with E-state index in [1.165, 1.54) is 5.70 Å². The molecule has 1 unspecified atom stereocenters. The van der Waals surface area contributed by atoms with E-state index in [9.17, 15) is 4.79 Å². The molecule has 0 saturated carbocycles. The normalized spacial score (nSPS) is 19.8. The highest BCUT2D eigenvalue weighted by Gasteiger charge is 2.25. The number of nitrogens with one attached hydrogen (secondary N) is 2. The minimum atomic E-state index is -0.0105. The molecule has 2 aliphatic heterocycles. The summed E-state index contributed by atoms with van der Waals surface area (Å²) in [5, 5.41) is 4.51. The molecule has 0 aliphatic carbocycles. The molecule has 1 fully saturated rings. The van der Waals surface area contributed by atoms with Crippen molar-refractivity contribution in [3.8, 4) is 11.3 Å². The van der Waals surface area contributed by atoms with E-state index in [-0.39, 0.29) is 5.56 Å². The summed E-state index contributed by atoms with van der Waals surface area (Å²) in [5.41, 5.74) is 4.05. The Morgan fingerprint density at radius 1 is 1.15 bits per heavy atom. The van der Waals surface area contributed by atoms with Crippen molar-refractivity contribution in [3.05, 3.63) is 58.4 Å². The third kappa shape index (κ3) is 2.86. The summed E-state index contributed by atoms with van der Waals surface area (Å²) in [6.07, 6.45) is 4.71. The molecule has 27 heavy (non-hydrogen) atoms. The van der Waals surface area contributed by atoms with Crippen molar-refractivity contribution in [2.24, 2.45) is 5.92 Å². The topological polar surface area (TPSA) is 66.0 Å². The zero-order valence-electron chi connectivity index (χ0n) is 15.4. The molecule has 2 N–H and O–H groups in total. The molecule has 3 aromatic rings. The first kappa shape index (κ1) is 16.3. The fourth-order valence-electron chi connectivity index (χ4n) is 4.14. The lowest BCUT2D eigenvalue weighted by molar-refractivity contribution is 0.268. The largest absolute Gasteiger partial charge is 0.371 e. The van der Waals surface area contributed by atoms with Gasteiger partial charge in [-0.2, -0.15) is 0 Å². The van der Waals surface area contributed by atoms with Crippen molar-refractivity contribution in [1.29, 1.82) is 0 Å². The quantitative estimate of drug-likeness (QED) is 0.735. The van der Waals surface area contributed by atoms with Crippen molar-refractivity contribution in [3.63, 3.8) is 0 Å². The minimum Gasteiger partial charge on any atom is -0.371 e. The molecule has 1 saturated heterocycles. The van der Waals surface area contributed by atoms with E-state index in [1.807, 2.05) is 30.6 Å². The smallest absolute Gasteiger partial charge is 0.258 e. The Hall–Kier alpha value is -2.86. The molecular formula is C21H23N5O. The number of H-pyrrole nitrogens is 1. The summed E-state index contributed by atoms with van der Waals surface area (Å²) >= 11 is 0. The third-order valence-corrected chi connectivity index (χ3v) is 5.61. The van der Waals surface area contributed by atoms with Gasteiger partial charge in [0.05, 0.1) is 5.69 Å². The van der Waals surface area contributed by atoms with E-state index < -0.39 is 0 Å². The van der Waals surface area contributed by atoms with Gasteiger partial charge in [0.1, 0.15) is 5.82 Å². The highest BCUT2D eigenvalue weighted by atomic mass is 16.1. The molecule has 0 bridgehead atoms. The average Bonchev–Trinajstić information content (AvgIpc) is 3.16. The first-order valence-corrected chi connectivity index (χ1v) is 9.56. The molecule has 0 spiro atoms. The van der Waals surface area contributed by atoms with E-state index >= 15 is 0 Å². The molecule has 5 rings (SSSR count). The van der Waals surface area contributed by atoms with Crippen LogP contribution in [0, 0.1) is 5.92 Å². The fourth-order valence-corrected chi connectivity index (χ4v) is 4.14. The summed E-state index contributed by atoms with van der Waals surface area (Å²) in [5.74, 6) is 1.20. The summed E-state index contributed by atoms with van der Waals surface area (Å²) in [6.45, 7) is 6.18. The van der Waals surface area contributed by atoms with Crippen molar-refractivity contribution in [2.45, 2.75) is 13.3 Å². The van der Waals surface area contributed by atoms with Gasteiger partial charge in [-0.05, 0) is 18.2 Å². The minimum absolute atomic E-state index is 0.0105. The van der Waals surface area contributed by atoms with Crippen molar-refractivity contribution >= 4 is 17.1 Å². The zero-order chi connectivity index (χ0) is 18.4. The van der Waals surface area contributed by atoms with Crippen molar-refractivity contribution in [1.82, 2.24) is 24.8 Å². The number of hydrogen-bond donors (Lipinski definition) is 2. The van der Waals surface area contributed by atoms with Gasteiger partial charge in [-0.25, -0.2) is 4.98 Å². The second kappa shape index (κ2) is 6.39. The van der Waals surface area contributed by atoms with Crippen molar-refractivity contribution < 1.29 is 0 Å². The second-order valence-corrected chi connectivity index (χ2v) is 7.44. The van der Waals surface area contributed by atoms with E-state index in [4.69, 9.17) is 4.98 Å². The van der Waals surface area contributed by atoms with Gasteiger partial charge in [0, 0.05) is 79.1 Å². The number of rotatable bonds is 2. The lowest BCUT2D eigenvalue weighted by Gasteiger charge is -2.36.